The number of hydrogen-bond acceptors (Lipinski definition) is 2. The van der Waals surface area contributed by atoms with Crippen molar-refractivity contribution in [3.05, 3.63) is 29.8 Å². The number of nitrogens with two attached hydrogens (primary N) is 1. The zero-order valence-corrected chi connectivity index (χ0v) is 10.0. The fraction of sp³-hybridized carbons (Fsp3) is 0.500. The van der Waals surface area contributed by atoms with Crippen molar-refractivity contribution in [2.45, 2.75) is 38.6 Å². The molecule has 5 heteroatoms. The first-order chi connectivity index (χ1) is 7.59. The molecule has 0 saturated carbocycles. The van der Waals surface area contributed by atoms with Gasteiger partial charge in [-0.25, -0.2) is 0 Å². The maximum atomic E-state index is 12.4. The average molecular weight is 247 g/mol. The first kappa shape index (κ1) is 13.8. The maximum absolute atomic E-state index is 12.4. The summed E-state index contributed by atoms with van der Waals surface area (Å²) in [6, 6.07) is 3.79. The van der Waals surface area contributed by atoms with Crippen LogP contribution >= 0.6 is 0 Å². The molecule has 0 amide bonds. The lowest BCUT2D eigenvalue weighted by molar-refractivity contribution is -0.149. The van der Waals surface area contributed by atoms with Crippen LogP contribution in [0.4, 0.5) is 13.2 Å². The number of halogens is 3. The van der Waals surface area contributed by atoms with E-state index in [9.17, 15) is 13.2 Å². The summed E-state index contributed by atoms with van der Waals surface area (Å²) in [5.74, 6) is 0.384. The zero-order valence-electron chi connectivity index (χ0n) is 10.0. The fourth-order valence-electron chi connectivity index (χ4n) is 1.31. The highest BCUT2D eigenvalue weighted by molar-refractivity contribution is 5.31. The summed E-state index contributed by atoms with van der Waals surface area (Å²) in [6.45, 7) is 5.47. The van der Waals surface area contributed by atoms with Crippen molar-refractivity contribution in [1.29, 1.82) is 0 Å². The van der Waals surface area contributed by atoms with Crippen molar-refractivity contribution in [3.63, 3.8) is 0 Å². The molecule has 1 aromatic carbocycles. The SMILES string of the molecule is CC(C)(C)Oc1cccc([C@H](N)C(F)(F)F)c1. The molecule has 2 nitrogen and oxygen atoms in total. The van der Waals surface area contributed by atoms with Crippen LogP contribution in [0.5, 0.6) is 5.75 Å². The summed E-state index contributed by atoms with van der Waals surface area (Å²) < 4.78 is 42.8. The predicted molar refractivity (Wildman–Crippen MR) is 59.8 cm³/mol. The minimum Gasteiger partial charge on any atom is -0.488 e. The summed E-state index contributed by atoms with van der Waals surface area (Å²) in [5, 5.41) is 0. The summed E-state index contributed by atoms with van der Waals surface area (Å²) in [7, 11) is 0. The zero-order chi connectivity index (χ0) is 13.3. The Labute approximate surface area is 98.6 Å². The van der Waals surface area contributed by atoms with Gasteiger partial charge in [-0.15, -0.1) is 0 Å². The van der Waals surface area contributed by atoms with Crippen LogP contribution in [0.2, 0.25) is 0 Å². The molecule has 2 N–H and O–H groups in total. The average Bonchev–Trinajstić information content (AvgIpc) is 2.12. The van der Waals surface area contributed by atoms with E-state index in [1.54, 1.807) is 6.07 Å². The molecule has 0 aliphatic rings. The molecule has 1 aromatic rings. The molecule has 0 bridgehead atoms. The molecular weight excluding hydrogens is 231 g/mol. The quantitative estimate of drug-likeness (QED) is 0.869. The van der Waals surface area contributed by atoms with Gasteiger partial charge >= 0.3 is 6.18 Å². The molecule has 1 rings (SSSR count). The van der Waals surface area contributed by atoms with Crippen molar-refractivity contribution in [2.75, 3.05) is 0 Å². The highest BCUT2D eigenvalue weighted by Gasteiger charge is 2.37. The van der Waals surface area contributed by atoms with Gasteiger partial charge in [-0.1, -0.05) is 12.1 Å². The van der Waals surface area contributed by atoms with E-state index in [4.69, 9.17) is 10.5 Å². The van der Waals surface area contributed by atoms with Crippen LogP contribution in [0.1, 0.15) is 32.4 Å². The Morgan fingerprint density at radius 1 is 1.18 bits per heavy atom. The van der Waals surface area contributed by atoms with Crippen molar-refractivity contribution >= 4 is 0 Å². The molecule has 96 valence electrons. The lowest BCUT2D eigenvalue weighted by atomic mass is 10.1. The molecule has 0 aliphatic heterocycles. The normalized spacial score (nSPS) is 14.5. The third-order valence-electron chi connectivity index (χ3n) is 1.99. The Bertz CT molecular complexity index is 382. The molecule has 1 atom stereocenters. The number of benzene rings is 1. The van der Waals surface area contributed by atoms with Gasteiger partial charge in [0, 0.05) is 0 Å². The van der Waals surface area contributed by atoms with Crippen LogP contribution in [0.3, 0.4) is 0 Å². The Morgan fingerprint density at radius 3 is 2.24 bits per heavy atom. The lowest BCUT2D eigenvalue weighted by Crippen LogP contribution is -2.28. The molecule has 0 fully saturated rings. The molecule has 0 unspecified atom stereocenters. The highest BCUT2D eigenvalue weighted by Crippen LogP contribution is 2.32. The maximum Gasteiger partial charge on any atom is 0.407 e. The van der Waals surface area contributed by atoms with Crippen LogP contribution in [0, 0.1) is 0 Å². The van der Waals surface area contributed by atoms with E-state index in [0.29, 0.717) is 5.75 Å². The van der Waals surface area contributed by atoms with E-state index in [1.807, 2.05) is 20.8 Å². The van der Waals surface area contributed by atoms with Crippen molar-refractivity contribution in [2.24, 2.45) is 5.73 Å². The van der Waals surface area contributed by atoms with Crippen molar-refractivity contribution in [1.82, 2.24) is 0 Å². The molecule has 0 aliphatic carbocycles. The molecule has 0 radical (unpaired) electrons. The Hall–Kier alpha value is -1.23. The molecular formula is C12H16F3NO. The van der Waals surface area contributed by atoms with Gasteiger partial charge in [-0.05, 0) is 38.5 Å². The predicted octanol–water partition coefficient (Wildman–Crippen LogP) is 3.43. The number of hydrogen-bond donors (Lipinski definition) is 1. The standard InChI is InChI=1S/C12H16F3NO/c1-11(2,3)17-9-6-4-5-8(7-9)10(16)12(13,14)15/h4-7,10H,16H2,1-3H3/t10-/m0/s1. The topological polar surface area (TPSA) is 35.2 Å². The van der Waals surface area contributed by atoms with Crippen LogP contribution < -0.4 is 10.5 Å². The lowest BCUT2D eigenvalue weighted by Gasteiger charge is -2.22. The van der Waals surface area contributed by atoms with Crippen molar-refractivity contribution in [3.8, 4) is 5.75 Å². The minimum atomic E-state index is -4.44. The highest BCUT2D eigenvalue weighted by atomic mass is 19.4. The van der Waals surface area contributed by atoms with Gasteiger partial charge in [-0.3, -0.25) is 0 Å². The van der Waals surface area contributed by atoms with Crippen LogP contribution in [0.15, 0.2) is 24.3 Å². The van der Waals surface area contributed by atoms with Crippen LogP contribution in [-0.4, -0.2) is 11.8 Å². The van der Waals surface area contributed by atoms with Gasteiger partial charge < -0.3 is 10.5 Å². The summed E-state index contributed by atoms with van der Waals surface area (Å²) in [4.78, 5) is 0. The second kappa shape index (κ2) is 4.56. The van der Waals surface area contributed by atoms with E-state index in [1.165, 1.54) is 18.2 Å². The fourth-order valence-corrected chi connectivity index (χ4v) is 1.31. The number of rotatable bonds is 2. The molecule has 17 heavy (non-hydrogen) atoms. The van der Waals surface area contributed by atoms with Gasteiger partial charge in [0.1, 0.15) is 17.4 Å². The molecule has 0 aromatic heterocycles. The second-order valence-corrected chi connectivity index (χ2v) is 4.81. The third kappa shape index (κ3) is 4.26. The van der Waals surface area contributed by atoms with Gasteiger partial charge in [0.25, 0.3) is 0 Å². The molecule has 0 spiro atoms. The first-order valence-corrected chi connectivity index (χ1v) is 5.21. The van der Waals surface area contributed by atoms with Gasteiger partial charge in [0.15, 0.2) is 0 Å². The minimum absolute atomic E-state index is 0.000694. The first-order valence-electron chi connectivity index (χ1n) is 5.21. The smallest absolute Gasteiger partial charge is 0.407 e. The summed E-state index contributed by atoms with van der Waals surface area (Å²) >= 11 is 0. The van der Waals surface area contributed by atoms with Crippen molar-refractivity contribution < 1.29 is 17.9 Å². The number of alkyl halides is 3. The Morgan fingerprint density at radius 2 is 1.76 bits per heavy atom. The van der Waals surface area contributed by atoms with E-state index in [0.717, 1.165) is 0 Å². The van der Waals surface area contributed by atoms with Gasteiger partial charge in [-0.2, -0.15) is 13.2 Å². The van der Waals surface area contributed by atoms with E-state index < -0.39 is 17.8 Å². The van der Waals surface area contributed by atoms with E-state index in [2.05, 4.69) is 0 Å². The largest absolute Gasteiger partial charge is 0.488 e. The van der Waals surface area contributed by atoms with Gasteiger partial charge in [0.05, 0.1) is 0 Å². The van der Waals surface area contributed by atoms with E-state index >= 15 is 0 Å². The summed E-state index contributed by atoms with van der Waals surface area (Å²) in [6.07, 6.45) is -4.44. The number of ether oxygens (including phenoxy) is 1. The Kier molecular flexibility index (Phi) is 3.71. The Balaban J connectivity index is 2.94. The van der Waals surface area contributed by atoms with Crippen LogP contribution in [-0.2, 0) is 0 Å². The summed E-state index contributed by atoms with van der Waals surface area (Å²) in [5.41, 5.74) is 4.67. The third-order valence-corrected chi connectivity index (χ3v) is 1.99. The van der Waals surface area contributed by atoms with E-state index in [-0.39, 0.29) is 5.56 Å². The second-order valence-electron chi connectivity index (χ2n) is 4.81. The van der Waals surface area contributed by atoms with Crippen LogP contribution in [0.25, 0.3) is 0 Å². The van der Waals surface area contributed by atoms with Gasteiger partial charge in [0.2, 0.25) is 0 Å². The molecule has 0 saturated heterocycles. The monoisotopic (exact) mass is 247 g/mol. The molecule has 0 heterocycles.